The van der Waals surface area contributed by atoms with Gasteiger partial charge in [-0.1, -0.05) is 25.1 Å². The number of esters is 1. The maximum absolute atomic E-state index is 11.8. The van der Waals surface area contributed by atoms with E-state index in [1.54, 1.807) is 13.8 Å². The second kappa shape index (κ2) is 9.04. The van der Waals surface area contributed by atoms with Gasteiger partial charge in [0, 0.05) is 0 Å². The summed E-state index contributed by atoms with van der Waals surface area (Å²) in [7, 11) is 1.29. The molecule has 1 N–H and O–H groups in total. The molecule has 1 amide bonds. The number of amides is 1. The Balaban J connectivity index is 2.24. The van der Waals surface area contributed by atoms with E-state index >= 15 is 0 Å². The van der Waals surface area contributed by atoms with E-state index in [-0.39, 0.29) is 19.1 Å². The number of hydrogen-bond donors (Lipinski definition) is 1. The van der Waals surface area contributed by atoms with Crippen molar-refractivity contribution >= 4 is 11.9 Å². The molecule has 6 heteroatoms. The quantitative estimate of drug-likeness (QED) is 0.553. The Hall–Kier alpha value is -2.08. The monoisotopic (exact) mass is 309 g/mol. The number of ether oxygens (including phenoxy) is 3. The maximum atomic E-state index is 11.8. The molecule has 1 atom stereocenters. The lowest BCUT2D eigenvalue weighted by Gasteiger charge is -2.26. The Morgan fingerprint density at radius 2 is 1.86 bits per heavy atom. The van der Waals surface area contributed by atoms with Crippen molar-refractivity contribution in [3.63, 3.8) is 0 Å². The van der Waals surface area contributed by atoms with Crippen LogP contribution in [0.4, 0.5) is 0 Å². The molecule has 0 bridgehead atoms. The first-order chi connectivity index (χ1) is 10.5. The van der Waals surface area contributed by atoms with Gasteiger partial charge in [0.1, 0.15) is 24.5 Å². The third-order valence-electron chi connectivity index (χ3n) is 3.23. The fourth-order valence-electron chi connectivity index (χ4n) is 1.75. The first-order valence-corrected chi connectivity index (χ1v) is 7.17. The van der Waals surface area contributed by atoms with E-state index in [0.29, 0.717) is 13.0 Å². The second-order valence-corrected chi connectivity index (χ2v) is 4.94. The molecule has 1 aromatic carbocycles. The van der Waals surface area contributed by atoms with Gasteiger partial charge >= 0.3 is 5.97 Å². The Kier molecular flexibility index (Phi) is 7.39. The van der Waals surface area contributed by atoms with E-state index in [4.69, 9.17) is 9.47 Å². The van der Waals surface area contributed by atoms with E-state index in [0.717, 1.165) is 5.75 Å². The van der Waals surface area contributed by atoms with E-state index in [1.165, 1.54) is 7.11 Å². The molecular formula is C16H23NO5. The van der Waals surface area contributed by atoms with Crippen molar-refractivity contribution in [3.8, 4) is 5.75 Å². The summed E-state index contributed by atoms with van der Waals surface area (Å²) >= 11 is 0. The standard InChI is InChI=1S/C16H23NO5/c1-4-16(2,15(19)20-3)17-14(18)12-21-10-11-22-13-8-6-5-7-9-13/h5-9H,4,10-12H2,1-3H3,(H,17,18). The fourth-order valence-corrected chi connectivity index (χ4v) is 1.75. The van der Waals surface area contributed by atoms with Gasteiger partial charge in [0.25, 0.3) is 0 Å². The normalized spacial score (nSPS) is 13.0. The summed E-state index contributed by atoms with van der Waals surface area (Å²) in [6, 6.07) is 9.34. The van der Waals surface area contributed by atoms with Crippen LogP contribution in [0.5, 0.6) is 5.75 Å². The van der Waals surface area contributed by atoms with Crippen molar-refractivity contribution in [3.05, 3.63) is 30.3 Å². The molecule has 1 rings (SSSR count). The summed E-state index contributed by atoms with van der Waals surface area (Å²) in [6.45, 7) is 3.91. The summed E-state index contributed by atoms with van der Waals surface area (Å²) in [4.78, 5) is 23.4. The lowest BCUT2D eigenvalue weighted by atomic mass is 9.99. The highest BCUT2D eigenvalue weighted by atomic mass is 16.5. The van der Waals surface area contributed by atoms with Crippen molar-refractivity contribution in [2.24, 2.45) is 0 Å². The summed E-state index contributed by atoms with van der Waals surface area (Å²) in [6.07, 6.45) is 0.433. The van der Waals surface area contributed by atoms with Gasteiger partial charge in [-0.15, -0.1) is 0 Å². The molecule has 0 fully saturated rings. The van der Waals surface area contributed by atoms with Gasteiger partial charge in [0.15, 0.2) is 0 Å². The Morgan fingerprint density at radius 3 is 2.45 bits per heavy atom. The van der Waals surface area contributed by atoms with E-state index < -0.39 is 11.5 Å². The first-order valence-electron chi connectivity index (χ1n) is 7.17. The maximum Gasteiger partial charge on any atom is 0.331 e. The van der Waals surface area contributed by atoms with Gasteiger partial charge < -0.3 is 19.5 Å². The zero-order valence-electron chi connectivity index (χ0n) is 13.3. The summed E-state index contributed by atoms with van der Waals surface area (Å²) in [5.41, 5.74) is -1.03. The number of nitrogens with one attached hydrogen (secondary N) is 1. The minimum Gasteiger partial charge on any atom is -0.491 e. The average molecular weight is 309 g/mol. The van der Waals surface area contributed by atoms with Crippen LogP contribution in [-0.2, 0) is 19.1 Å². The van der Waals surface area contributed by atoms with Gasteiger partial charge in [0.05, 0.1) is 13.7 Å². The van der Waals surface area contributed by atoms with Crippen molar-refractivity contribution in [2.75, 3.05) is 26.9 Å². The molecule has 1 aromatic rings. The molecule has 0 saturated heterocycles. The highest BCUT2D eigenvalue weighted by Gasteiger charge is 2.33. The molecule has 0 aliphatic carbocycles. The number of benzene rings is 1. The minimum absolute atomic E-state index is 0.134. The molecule has 0 spiro atoms. The van der Waals surface area contributed by atoms with Crippen LogP contribution >= 0.6 is 0 Å². The van der Waals surface area contributed by atoms with E-state index in [1.807, 2.05) is 30.3 Å². The second-order valence-electron chi connectivity index (χ2n) is 4.94. The highest BCUT2D eigenvalue weighted by Crippen LogP contribution is 2.11. The number of carbonyl (C=O) groups is 2. The molecule has 0 heterocycles. The molecule has 0 radical (unpaired) electrons. The molecule has 22 heavy (non-hydrogen) atoms. The van der Waals surface area contributed by atoms with E-state index in [2.05, 4.69) is 10.1 Å². The Morgan fingerprint density at radius 1 is 1.18 bits per heavy atom. The van der Waals surface area contributed by atoms with Gasteiger partial charge in [-0.3, -0.25) is 4.79 Å². The lowest BCUT2D eigenvalue weighted by Crippen LogP contribution is -2.53. The van der Waals surface area contributed by atoms with Crippen LogP contribution in [0, 0.1) is 0 Å². The molecule has 0 saturated carbocycles. The Labute approximate surface area is 130 Å². The third kappa shape index (κ3) is 5.73. The summed E-state index contributed by atoms with van der Waals surface area (Å²) < 4.78 is 15.4. The largest absolute Gasteiger partial charge is 0.491 e. The number of methoxy groups -OCH3 is 1. The van der Waals surface area contributed by atoms with Crippen LogP contribution in [0.1, 0.15) is 20.3 Å². The smallest absolute Gasteiger partial charge is 0.331 e. The topological polar surface area (TPSA) is 73.9 Å². The molecule has 0 aliphatic rings. The molecule has 0 aromatic heterocycles. The van der Waals surface area contributed by atoms with Crippen LogP contribution in [0.25, 0.3) is 0 Å². The molecule has 6 nitrogen and oxygen atoms in total. The number of hydrogen-bond acceptors (Lipinski definition) is 5. The van der Waals surface area contributed by atoms with Crippen LogP contribution < -0.4 is 10.1 Å². The minimum atomic E-state index is -1.03. The zero-order chi connectivity index (χ0) is 16.4. The molecule has 1 unspecified atom stereocenters. The summed E-state index contributed by atoms with van der Waals surface area (Å²) in [5.74, 6) is -0.0926. The number of rotatable bonds is 9. The predicted octanol–water partition coefficient (Wildman–Crippen LogP) is 1.54. The number of carbonyl (C=O) groups excluding carboxylic acids is 2. The van der Waals surface area contributed by atoms with Crippen molar-refractivity contribution in [1.82, 2.24) is 5.32 Å². The predicted molar refractivity (Wildman–Crippen MR) is 81.6 cm³/mol. The highest BCUT2D eigenvalue weighted by molar-refractivity contribution is 5.88. The SMILES string of the molecule is CCC(C)(NC(=O)COCCOc1ccccc1)C(=O)OC. The van der Waals surface area contributed by atoms with Crippen molar-refractivity contribution in [1.29, 1.82) is 0 Å². The molecular weight excluding hydrogens is 286 g/mol. The van der Waals surface area contributed by atoms with E-state index in [9.17, 15) is 9.59 Å². The van der Waals surface area contributed by atoms with Gasteiger partial charge in [-0.2, -0.15) is 0 Å². The van der Waals surface area contributed by atoms with Crippen molar-refractivity contribution < 1.29 is 23.8 Å². The van der Waals surface area contributed by atoms with Crippen LogP contribution in [-0.4, -0.2) is 44.3 Å². The first kappa shape index (κ1) is 18.0. The van der Waals surface area contributed by atoms with Gasteiger partial charge in [0.2, 0.25) is 5.91 Å². The van der Waals surface area contributed by atoms with Crippen molar-refractivity contribution in [2.45, 2.75) is 25.8 Å². The third-order valence-corrected chi connectivity index (χ3v) is 3.23. The van der Waals surface area contributed by atoms with Gasteiger partial charge in [-0.05, 0) is 25.5 Å². The fraction of sp³-hybridized carbons (Fsp3) is 0.500. The van der Waals surface area contributed by atoms with Crippen LogP contribution in [0.2, 0.25) is 0 Å². The lowest BCUT2D eigenvalue weighted by molar-refractivity contribution is -0.151. The molecule has 0 aliphatic heterocycles. The van der Waals surface area contributed by atoms with Crippen LogP contribution in [0.15, 0.2) is 30.3 Å². The Bertz CT molecular complexity index is 477. The van der Waals surface area contributed by atoms with Crippen LogP contribution in [0.3, 0.4) is 0 Å². The number of para-hydroxylation sites is 1. The molecule has 122 valence electrons. The summed E-state index contributed by atoms with van der Waals surface area (Å²) in [5, 5.41) is 2.62. The average Bonchev–Trinajstić information content (AvgIpc) is 2.54. The van der Waals surface area contributed by atoms with Gasteiger partial charge in [-0.25, -0.2) is 4.79 Å². The zero-order valence-corrected chi connectivity index (χ0v) is 13.3.